The number of carbonyl (C=O) groups excluding carboxylic acids is 1. The lowest BCUT2D eigenvalue weighted by molar-refractivity contribution is -0.121. The summed E-state index contributed by atoms with van der Waals surface area (Å²) in [4.78, 5) is 12.5. The number of aryl methyl sites for hydroxylation is 1. The van der Waals surface area contributed by atoms with E-state index in [2.05, 4.69) is 15.5 Å². The van der Waals surface area contributed by atoms with Crippen molar-refractivity contribution in [3.05, 3.63) is 60.0 Å². The minimum absolute atomic E-state index is 0.0901. The van der Waals surface area contributed by atoms with Crippen molar-refractivity contribution < 1.29 is 13.2 Å². The molecule has 8 nitrogen and oxygen atoms in total. The third-order valence-corrected chi connectivity index (χ3v) is 7.26. The fraction of sp³-hybridized carbons (Fsp3) is 0.381. The summed E-state index contributed by atoms with van der Waals surface area (Å²) in [7, 11) is -3.42. The molecule has 1 aliphatic heterocycles. The maximum absolute atomic E-state index is 12.7. The average molecular weight is 428 g/mol. The second-order valence-corrected chi connectivity index (χ2v) is 9.37. The molecular formula is C21H25N5O3S. The van der Waals surface area contributed by atoms with Crippen molar-refractivity contribution in [1.29, 1.82) is 0 Å². The molecule has 1 aliphatic rings. The van der Waals surface area contributed by atoms with Gasteiger partial charge in [-0.05, 0) is 49.1 Å². The van der Waals surface area contributed by atoms with Crippen molar-refractivity contribution in [2.45, 2.75) is 43.5 Å². The van der Waals surface area contributed by atoms with E-state index in [9.17, 15) is 13.2 Å². The van der Waals surface area contributed by atoms with Gasteiger partial charge >= 0.3 is 0 Å². The highest BCUT2D eigenvalue weighted by Gasteiger charge is 2.25. The van der Waals surface area contributed by atoms with Gasteiger partial charge in [0, 0.05) is 25.7 Å². The Hall–Kier alpha value is -2.78. The molecule has 0 spiro atoms. The van der Waals surface area contributed by atoms with Crippen molar-refractivity contribution in [1.82, 2.24) is 24.2 Å². The second-order valence-electron chi connectivity index (χ2n) is 7.43. The van der Waals surface area contributed by atoms with E-state index in [0.717, 1.165) is 30.5 Å². The van der Waals surface area contributed by atoms with Crippen LogP contribution >= 0.6 is 0 Å². The molecule has 0 bridgehead atoms. The Kier molecular flexibility index (Phi) is 6.10. The van der Waals surface area contributed by atoms with Crippen molar-refractivity contribution in [3.63, 3.8) is 0 Å². The summed E-state index contributed by atoms with van der Waals surface area (Å²) >= 11 is 0. The number of hydrogen-bond donors (Lipinski definition) is 1. The maximum atomic E-state index is 12.7. The zero-order valence-corrected chi connectivity index (χ0v) is 17.5. The van der Waals surface area contributed by atoms with Crippen LogP contribution in [0.3, 0.4) is 0 Å². The van der Waals surface area contributed by atoms with Crippen molar-refractivity contribution in [2.24, 2.45) is 0 Å². The molecule has 30 heavy (non-hydrogen) atoms. The van der Waals surface area contributed by atoms with E-state index in [0.29, 0.717) is 43.2 Å². The Labute approximate surface area is 176 Å². The monoisotopic (exact) mass is 427 g/mol. The van der Waals surface area contributed by atoms with E-state index in [1.807, 2.05) is 28.8 Å². The van der Waals surface area contributed by atoms with Crippen LogP contribution < -0.4 is 5.32 Å². The Balaban J connectivity index is 1.30. The Morgan fingerprint density at radius 1 is 1.00 bits per heavy atom. The number of hydrogen-bond acceptors (Lipinski definition) is 5. The molecule has 4 rings (SSSR count). The van der Waals surface area contributed by atoms with Crippen molar-refractivity contribution >= 4 is 21.6 Å². The minimum atomic E-state index is -3.42. The molecule has 3 heterocycles. The van der Waals surface area contributed by atoms with Crippen LogP contribution in [0.4, 0.5) is 0 Å². The maximum Gasteiger partial charge on any atom is 0.243 e. The second kappa shape index (κ2) is 8.93. The molecule has 2 aromatic heterocycles. The topological polar surface area (TPSA) is 96.7 Å². The van der Waals surface area contributed by atoms with Crippen molar-refractivity contribution in [2.75, 3.05) is 13.1 Å². The normalized spacial score (nSPS) is 15.3. The first-order valence-electron chi connectivity index (χ1n) is 10.2. The number of nitrogens with zero attached hydrogens (tertiary/aromatic N) is 4. The predicted octanol–water partition coefficient (Wildman–Crippen LogP) is 2.15. The number of benzene rings is 1. The van der Waals surface area contributed by atoms with E-state index in [1.54, 1.807) is 28.6 Å². The predicted molar refractivity (Wildman–Crippen MR) is 112 cm³/mol. The molecule has 1 saturated heterocycles. The van der Waals surface area contributed by atoms with Crippen LogP contribution in [0.1, 0.15) is 37.1 Å². The number of pyridine rings is 1. The summed E-state index contributed by atoms with van der Waals surface area (Å²) in [5.74, 6) is 0.582. The highest BCUT2D eigenvalue weighted by molar-refractivity contribution is 7.89. The summed E-state index contributed by atoms with van der Waals surface area (Å²) in [6.45, 7) is 1.48. The van der Waals surface area contributed by atoms with E-state index in [1.165, 1.54) is 0 Å². The van der Waals surface area contributed by atoms with Crippen LogP contribution in [0.25, 0.3) is 5.65 Å². The van der Waals surface area contributed by atoms with Crippen LogP contribution in [0.15, 0.2) is 53.6 Å². The summed E-state index contributed by atoms with van der Waals surface area (Å²) < 4.78 is 28.8. The number of carbonyl (C=O) groups is 1. The van der Waals surface area contributed by atoms with E-state index in [-0.39, 0.29) is 5.91 Å². The first-order valence-corrected chi connectivity index (χ1v) is 11.6. The number of nitrogens with one attached hydrogen (secondary N) is 1. The fourth-order valence-corrected chi connectivity index (χ4v) is 5.13. The Morgan fingerprint density at radius 3 is 2.53 bits per heavy atom. The fourth-order valence-electron chi connectivity index (χ4n) is 3.62. The van der Waals surface area contributed by atoms with Crippen molar-refractivity contribution in [3.8, 4) is 0 Å². The van der Waals surface area contributed by atoms with Gasteiger partial charge in [-0.1, -0.05) is 24.6 Å². The molecule has 0 aliphatic carbocycles. The Morgan fingerprint density at radius 2 is 1.77 bits per heavy atom. The van der Waals surface area contributed by atoms with Crippen LogP contribution in [-0.4, -0.2) is 46.3 Å². The number of aromatic nitrogens is 3. The Bertz CT molecular complexity index is 1120. The first kappa shape index (κ1) is 20.5. The highest BCUT2D eigenvalue weighted by Crippen LogP contribution is 2.21. The van der Waals surface area contributed by atoms with Gasteiger partial charge in [-0.3, -0.25) is 9.20 Å². The molecular weight excluding hydrogens is 402 g/mol. The molecule has 158 valence electrons. The van der Waals surface area contributed by atoms with Crippen LogP contribution in [-0.2, 0) is 27.8 Å². The lowest BCUT2D eigenvalue weighted by atomic mass is 10.1. The summed E-state index contributed by atoms with van der Waals surface area (Å²) in [6.07, 6.45) is 5.62. The highest BCUT2D eigenvalue weighted by atomic mass is 32.2. The number of sulfonamides is 1. The van der Waals surface area contributed by atoms with E-state index < -0.39 is 10.0 Å². The molecule has 1 N–H and O–H groups in total. The van der Waals surface area contributed by atoms with Crippen LogP contribution in [0.2, 0.25) is 0 Å². The smallest absolute Gasteiger partial charge is 0.243 e. The summed E-state index contributed by atoms with van der Waals surface area (Å²) in [6, 6.07) is 12.5. The molecule has 0 unspecified atom stereocenters. The van der Waals surface area contributed by atoms with Gasteiger partial charge in [0.15, 0.2) is 11.5 Å². The molecule has 1 fully saturated rings. The van der Waals surface area contributed by atoms with Gasteiger partial charge in [0.2, 0.25) is 15.9 Å². The lowest BCUT2D eigenvalue weighted by Gasteiger charge is -2.25. The molecule has 0 atom stereocenters. The SMILES string of the molecule is O=C(CCc1ccc(S(=O)(=O)N2CCCCC2)cc1)NCc1nnc2ccccn12. The standard InChI is InChI=1S/C21H25N5O3S/c27-21(22-16-20-24-23-19-6-2-5-15-26(19)20)12-9-17-7-10-18(11-8-17)30(28,29)25-13-3-1-4-14-25/h2,5-8,10-11,15H,1,3-4,9,12-14,16H2,(H,22,27). The number of amides is 1. The van der Waals surface area contributed by atoms with Gasteiger partial charge in [0.25, 0.3) is 0 Å². The minimum Gasteiger partial charge on any atom is -0.349 e. The molecule has 9 heteroatoms. The third-order valence-electron chi connectivity index (χ3n) is 5.34. The average Bonchev–Trinajstić information content (AvgIpc) is 3.20. The number of fused-ring (bicyclic) bond motifs is 1. The summed E-state index contributed by atoms with van der Waals surface area (Å²) in [5.41, 5.74) is 1.66. The number of piperidine rings is 1. The molecule has 1 aromatic carbocycles. The largest absolute Gasteiger partial charge is 0.349 e. The van der Waals surface area contributed by atoms with Crippen LogP contribution in [0, 0.1) is 0 Å². The lowest BCUT2D eigenvalue weighted by Crippen LogP contribution is -2.35. The molecule has 3 aromatic rings. The zero-order chi connectivity index (χ0) is 21.0. The van der Waals surface area contributed by atoms with Gasteiger partial charge in [0.05, 0.1) is 11.4 Å². The van der Waals surface area contributed by atoms with Gasteiger partial charge in [-0.15, -0.1) is 10.2 Å². The van der Waals surface area contributed by atoms with Gasteiger partial charge in [-0.2, -0.15) is 4.31 Å². The van der Waals surface area contributed by atoms with Gasteiger partial charge in [0.1, 0.15) is 0 Å². The molecule has 0 radical (unpaired) electrons. The van der Waals surface area contributed by atoms with Gasteiger partial charge < -0.3 is 5.32 Å². The van der Waals surface area contributed by atoms with E-state index >= 15 is 0 Å². The molecule has 1 amide bonds. The van der Waals surface area contributed by atoms with Gasteiger partial charge in [-0.25, -0.2) is 8.42 Å². The molecule has 0 saturated carbocycles. The zero-order valence-electron chi connectivity index (χ0n) is 16.7. The third kappa shape index (κ3) is 4.52. The first-order chi connectivity index (χ1) is 14.5. The number of rotatable bonds is 7. The van der Waals surface area contributed by atoms with E-state index in [4.69, 9.17) is 0 Å². The van der Waals surface area contributed by atoms with Crippen LogP contribution in [0.5, 0.6) is 0 Å². The summed E-state index contributed by atoms with van der Waals surface area (Å²) in [5, 5.41) is 11.0. The quantitative estimate of drug-likeness (QED) is 0.623.